The van der Waals surface area contributed by atoms with E-state index < -0.39 is 17.9 Å². The number of hydrogen-bond acceptors (Lipinski definition) is 3. The molecule has 3 aromatic rings. The molecule has 3 rings (SSSR count). The normalized spacial score (nSPS) is 12.3. The number of fused-ring (bicyclic) bond motifs is 1. The third kappa shape index (κ3) is 4.89. The van der Waals surface area contributed by atoms with Gasteiger partial charge in [-0.1, -0.05) is 61.3 Å². The van der Waals surface area contributed by atoms with Crippen LogP contribution in [0.15, 0.2) is 42.5 Å². The number of aromatic nitrogens is 2. The zero-order valence-electron chi connectivity index (χ0n) is 16.2. The van der Waals surface area contributed by atoms with Gasteiger partial charge in [-0.05, 0) is 36.1 Å². The van der Waals surface area contributed by atoms with Crippen molar-refractivity contribution in [2.75, 3.05) is 0 Å². The summed E-state index contributed by atoms with van der Waals surface area (Å²) in [5.74, 6) is -0.801. The molecular formula is C21H22Cl2N4O2. The summed E-state index contributed by atoms with van der Waals surface area (Å²) in [6, 6.07) is 11.9. The van der Waals surface area contributed by atoms with Gasteiger partial charge >= 0.3 is 0 Å². The van der Waals surface area contributed by atoms with Crippen LogP contribution in [0.1, 0.15) is 36.3 Å². The fourth-order valence-electron chi connectivity index (χ4n) is 3.17. The van der Waals surface area contributed by atoms with Crippen LogP contribution in [0.2, 0.25) is 10.0 Å². The Morgan fingerprint density at radius 2 is 1.90 bits per heavy atom. The van der Waals surface area contributed by atoms with Crippen LogP contribution in [-0.2, 0) is 11.3 Å². The molecule has 0 aliphatic rings. The largest absolute Gasteiger partial charge is 0.368 e. The molecule has 2 aromatic carbocycles. The van der Waals surface area contributed by atoms with Crippen LogP contribution in [0.4, 0.5) is 0 Å². The molecule has 1 aromatic heterocycles. The molecule has 0 bridgehead atoms. The number of carbonyl (C=O) groups is 2. The molecule has 6 nitrogen and oxygen atoms in total. The topological polar surface area (TPSA) is 90.0 Å². The number of benzene rings is 2. The monoisotopic (exact) mass is 432 g/mol. The number of primary amides is 1. The maximum atomic E-state index is 12.9. The van der Waals surface area contributed by atoms with E-state index >= 15 is 0 Å². The maximum Gasteiger partial charge on any atom is 0.273 e. The average Bonchev–Trinajstić information content (AvgIpc) is 3.02. The predicted octanol–water partition coefficient (Wildman–Crippen LogP) is 4.02. The fraction of sp³-hybridized carbons (Fsp3) is 0.286. The molecule has 2 amide bonds. The summed E-state index contributed by atoms with van der Waals surface area (Å²) < 4.78 is 1.71. The molecule has 29 heavy (non-hydrogen) atoms. The molecule has 3 N–H and O–H groups in total. The van der Waals surface area contributed by atoms with Crippen molar-refractivity contribution < 1.29 is 9.59 Å². The van der Waals surface area contributed by atoms with Gasteiger partial charge in [0, 0.05) is 15.4 Å². The summed E-state index contributed by atoms with van der Waals surface area (Å²) >= 11 is 12.3. The summed E-state index contributed by atoms with van der Waals surface area (Å²) in [5, 5.41) is 8.97. The minimum absolute atomic E-state index is 0.203. The van der Waals surface area contributed by atoms with E-state index in [-0.39, 0.29) is 11.6 Å². The number of amides is 2. The second-order valence-corrected chi connectivity index (χ2v) is 8.16. The highest BCUT2D eigenvalue weighted by Crippen LogP contribution is 2.25. The highest BCUT2D eigenvalue weighted by molar-refractivity contribution is 6.35. The Labute approximate surface area is 179 Å². The van der Waals surface area contributed by atoms with Crippen LogP contribution in [-0.4, -0.2) is 27.6 Å². The van der Waals surface area contributed by atoms with Gasteiger partial charge < -0.3 is 11.1 Å². The molecule has 1 heterocycles. The van der Waals surface area contributed by atoms with Gasteiger partial charge in [-0.25, -0.2) is 0 Å². The van der Waals surface area contributed by atoms with E-state index in [4.69, 9.17) is 28.9 Å². The smallest absolute Gasteiger partial charge is 0.273 e. The summed E-state index contributed by atoms with van der Waals surface area (Å²) in [6.45, 7) is 4.29. The van der Waals surface area contributed by atoms with Crippen molar-refractivity contribution in [1.29, 1.82) is 0 Å². The number of rotatable bonds is 7. The summed E-state index contributed by atoms with van der Waals surface area (Å²) in [6.07, 6.45) is 0.458. The van der Waals surface area contributed by atoms with Crippen molar-refractivity contribution in [2.45, 2.75) is 32.9 Å². The van der Waals surface area contributed by atoms with Crippen LogP contribution in [0, 0.1) is 5.92 Å². The van der Waals surface area contributed by atoms with E-state index in [1.807, 2.05) is 44.2 Å². The fourth-order valence-corrected chi connectivity index (χ4v) is 3.64. The van der Waals surface area contributed by atoms with Gasteiger partial charge in [-0.15, -0.1) is 0 Å². The number of carbonyl (C=O) groups excluding carboxylic acids is 2. The summed E-state index contributed by atoms with van der Waals surface area (Å²) in [7, 11) is 0. The van der Waals surface area contributed by atoms with Crippen molar-refractivity contribution in [3.63, 3.8) is 0 Å². The number of halogens is 2. The number of nitrogens with one attached hydrogen (secondary N) is 1. The Bertz CT molecular complexity index is 1060. The van der Waals surface area contributed by atoms with Gasteiger partial charge in [-0.3, -0.25) is 14.3 Å². The number of para-hydroxylation sites is 1. The van der Waals surface area contributed by atoms with Gasteiger partial charge in [0.2, 0.25) is 5.91 Å². The van der Waals surface area contributed by atoms with Crippen LogP contribution in [0.5, 0.6) is 0 Å². The predicted molar refractivity (Wildman–Crippen MR) is 115 cm³/mol. The summed E-state index contributed by atoms with van der Waals surface area (Å²) in [4.78, 5) is 24.6. The van der Waals surface area contributed by atoms with E-state index in [1.54, 1.807) is 16.8 Å². The second-order valence-electron chi connectivity index (χ2n) is 7.32. The van der Waals surface area contributed by atoms with Crippen LogP contribution < -0.4 is 11.1 Å². The van der Waals surface area contributed by atoms with Gasteiger partial charge in [0.05, 0.1) is 12.1 Å². The quantitative estimate of drug-likeness (QED) is 0.590. The Balaban J connectivity index is 1.95. The molecule has 1 unspecified atom stereocenters. The van der Waals surface area contributed by atoms with Crippen LogP contribution >= 0.6 is 23.2 Å². The Hall–Kier alpha value is -2.57. The molecule has 0 fully saturated rings. The lowest BCUT2D eigenvalue weighted by atomic mass is 10.0. The molecule has 0 aliphatic heterocycles. The first-order valence-electron chi connectivity index (χ1n) is 9.26. The molecule has 0 saturated carbocycles. The van der Waals surface area contributed by atoms with Gasteiger partial charge in [0.1, 0.15) is 6.04 Å². The number of nitrogens with two attached hydrogens (primary N) is 1. The van der Waals surface area contributed by atoms with Crippen molar-refractivity contribution in [3.8, 4) is 0 Å². The maximum absolute atomic E-state index is 12.9. The lowest BCUT2D eigenvalue weighted by molar-refractivity contribution is -0.120. The zero-order chi connectivity index (χ0) is 21.1. The Kier molecular flexibility index (Phi) is 6.45. The van der Waals surface area contributed by atoms with Crippen molar-refractivity contribution in [3.05, 3.63) is 63.8 Å². The van der Waals surface area contributed by atoms with E-state index in [9.17, 15) is 9.59 Å². The molecule has 0 radical (unpaired) electrons. The van der Waals surface area contributed by atoms with Crippen molar-refractivity contribution in [2.24, 2.45) is 11.7 Å². The van der Waals surface area contributed by atoms with Gasteiger partial charge in [0.25, 0.3) is 5.91 Å². The van der Waals surface area contributed by atoms with E-state index in [0.717, 1.165) is 11.1 Å². The standard InChI is InChI=1S/C21H22Cl2N4O2/c1-12(2)9-17(20(24)28)25-21(29)19-15-5-3-4-6-18(15)27(26-19)11-13-7-8-14(22)10-16(13)23/h3-8,10,12,17H,9,11H2,1-2H3,(H2,24,28)(H,25,29). The van der Waals surface area contributed by atoms with E-state index in [0.29, 0.717) is 28.4 Å². The van der Waals surface area contributed by atoms with E-state index in [2.05, 4.69) is 10.4 Å². The SMILES string of the molecule is CC(C)CC(NC(=O)c1nn(Cc2ccc(Cl)cc2Cl)c2ccccc12)C(N)=O. The third-order valence-electron chi connectivity index (χ3n) is 4.56. The Morgan fingerprint density at radius 3 is 2.55 bits per heavy atom. The molecule has 0 aliphatic carbocycles. The lowest BCUT2D eigenvalue weighted by Gasteiger charge is -2.16. The molecular weight excluding hydrogens is 411 g/mol. The third-order valence-corrected chi connectivity index (χ3v) is 5.15. The van der Waals surface area contributed by atoms with E-state index in [1.165, 1.54) is 0 Å². The average molecular weight is 433 g/mol. The van der Waals surface area contributed by atoms with Crippen molar-refractivity contribution >= 4 is 45.9 Å². The lowest BCUT2D eigenvalue weighted by Crippen LogP contribution is -2.45. The van der Waals surface area contributed by atoms with Gasteiger partial charge in [-0.2, -0.15) is 5.10 Å². The number of hydrogen-bond donors (Lipinski definition) is 2. The second kappa shape index (κ2) is 8.84. The van der Waals surface area contributed by atoms with Crippen molar-refractivity contribution in [1.82, 2.24) is 15.1 Å². The number of nitrogens with zero attached hydrogens (tertiary/aromatic N) is 2. The van der Waals surface area contributed by atoms with Gasteiger partial charge in [0.15, 0.2) is 5.69 Å². The Morgan fingerprint density at radius 1 is 1.17 bits per heavy atom. The first-order valence-corrected chi connectivity index (χ1v) is 10.0. The molecule has 152 valence electrons. The summed E-state index contributed by atoms with van der Waals surface area (Å²) in [5.41, 5.74) is 7.30. The minimum Gasteiger partial charge on any atom is -0.368 e. The molecule has 0 spiro atoms. The highest BCUT2D eigenvalue weighted by Gasteiger charge is 2.24. The highest BCUT2D eigenvalue weighted by atomic mass is 35.5. The zero-order valence-corrected chi connectivity index (χ0v) is 17.7. The van der Waals surface area contributed by atoms with Crippen LogP contribution in [0.25, 0.3) is 10.9 Å². The van der Waals surface area contributed by atoms with Crippen LogP contribution in [0.3, 0.4) is 0 Å². The first-order chi connectivity index (χ1) is 13.8. The minimum atomic E-state index is -0.753. The molecule has 8 heteroatoms. The molecule has 0 saturated heterocycles. The first kappa shape index (κ1) is 21.1. The molecule has 1 atom stereocenters.